The van der Waals surface area contributed by atoms with Gasteiger partial charge in [0, 0.05) is 17.0 Å². The highest BCUT2D eigenvalue weighted by Crippen LogP contribution is 2.20. The van der Waals surface area contributed by atoms with Crippen molar-refractivity contribution in [3.63, 3.8) is 0 Å². The molecule has 0 bridgehead atoms. The third-order valence-corrected chi connectivity index (χ3v) is 3.58. The van der Waals surface area contributed by atoms with E-state index in [1.165, 1.54) is 4.90 Å². The topological polar surface area (TPSA) is 52.3 Å². The summed E-state index contributed by atoms with van der Waals surface area (Å²) in [5, 5.41) is 0. The van der Waals surface area contributed by atoms with Crippen molar-refractivity contribution in [1.82, 2.24) is 0 Å². The van der Waals surface area contributed by atoms with E-state index in [0.717, 1.165) is 30.7 Å². The van der Waals surface area contributed by atoms with Crippen LogP contribution in [0.2, 0.25) is 0 Å². The molecule has 1 aromatic rings. The van der Waals surface area contributed by atoms with Gasteiger partial charge in [-0.2, -0.15) is 0 Å². The van der Waals surface area contributed by atoms with Gasteiger partial charge in [0.05, 0.1) is 6.61 Å². The lowest BCUT2D eigenvalue weighted by molar-refractivity contribution is -0.143. The summed E-state index contributed by atoms with van der Waals surface area (Å²) in [5.41, 5.74) is 6.42. The number of hydrogen-bond donors (Lipinski definition) is 1. The predicted molar refractivity (Wildman–Crippen MR) is 76.7 cm³/mol. The maximum atomic E-state index is 11.1. The molecule has 2 N–H and O–H groups in total. The Morgan fingerprint density at radius 1 is 1.22 bits per heavy atom. The van der Waals surface area contributed by atoms with E-state index in [0.29, 0.717) is 13.0 Å². The van der Waals surface area contributed by atoms with Gasteiger partial charge in [0.1, 0.15) is 0 Å². The van der Waals surface area contributed by atoms with Gasteiger partial charge in [0.25, 0.3) is 0 Å². The molecule has 100 valence electrons. The third-order valence-electron chi connectivity index (χ3n) is 2.48. The summed E-state index contributed by atoms with van der Waals surface area (Å²) in [6, 6.07) is 7.92. The van der Waals surface area contributed by atoms with Crippen molar-refractivity contribution in [3.8, 4) is 0 Å². The molecule has 0 aliphatic carbocycles. The first-order valence-electron chi connectivity index (χ1n) is 6.36. The second-order valence-electron chi connectivity index (χ2n) is 4.03. The van der Waals surface area contributed by atoms with E-state index >= 15 is 0 Å². The van der Waals surface area contributed by atoms with E-state index in [2.05, 4.69) is 0 Å². The van der Waals surface area contributed by atoms with E-state index in [4.69, 9.17) is 10.5 Å². The Kier molecular flexibility index (Phi) is 7.34. The molecule has 18 heavy (non-hydrogen) atoms. The molecular formula is C14H21NO2S. The first kappa shape index (κ1) is 14.9. The number of nitrogen functional groups attached to an aromatic ring is 1. The van der Waals surface area contributed by atoms with Crippen LogP contribution in [0.5, 0.6) is 0 Å². The molecule has 0 aromatic heterocycles. The van der Waals surface area contributed by atoms with Crippen molar-refractivity contribution < 1.29 is 9.53 Å². The van der Waals surface area contributed by atoms with Gasteiger partial charge >= 0.3 is 5.97 Å². The molecule has 0 aliphatic heterocycles. The van der Waals surface area contributed by atoms with Crippen molar-refractivity contribution in [2.45, 2.75) is 37.5 Å². The highest BCUT2D eigenvalue weighted by atomic mass is 32.2. The number of unbranched alkanes of at least 4 members (excludes halogenated alkanes) is 2. The molecule has 0 atom stereocenters. The van der Waals surface area contributed by atoms with Gasteiger partial charge in [-0.05, 0) is 49.8 Å². The normalized spacial score (nSPS) is 10.3. The van der Waals surface area contributed by atoms with Crippen LogP contribution in [0.25, 0.3) is 0 Å². The van der Waals surface area contributed by atoms with Gasteiger partial charge in [0.2, 0.25) is 0 Å². The summed E-state index contributed by atoms with van der Waals surface area (Å²) in [6.45, 7) is 2.31. The highest BCUT2D eigenvalue weighted by molar-refractivity contribution is 7.99. The van der Waals surface area contributed by atoms with Crippen molar-refractivity contribution in [1.29, 1.82) is 0 Å². The smallest absolute Gasteiger partial charge is 0.305 e. The second kappa shape index (κ2) is 8.86. The summed E-state index contributed by atoms with van der Waals surface area (Å²) in [4.78, 5) is 12.3. The van der Waals surface area contributed by atoms with Crippen LogP contribution in [0.3, 0.4) is 0 Å². The maximum absolute atomic E-state index is 11.1. The Morgan fingerprint density at radius 2 is 1.94 bits per heavy atom. The predicted octanol–water partition coefficient (Wildman–Crippen LogP) is 3.48. The van der Waals surface area contributed by atoms with Gasteiger partial charge < -0.3 is 10.5 Å². The summed E-state index contributed by atoms with van der Waals surface area (Å²) in [5.74, 6) is 0.996. The number of esters is 1. The maximum Gasteiger partial charge on any atom is 0.305 e. The minimum atomic E-state index is -0.0799. The average Bonchev–Trinajstić information content (AvgIpc) is 2.36. The molecule has 4 heteroatoms. The largest absolute Gasteiger partial charge is 0.466 e. The molecule has 0 spiro atoms. The lowest BCUT2D eigenvalue weighted by Gasteiger charge is -2.03. The monoisotopic (exact) mass is 267 g/mol. The van der Waals surface area contributed by atoms with E-state index in [9.17, 15) is 4.79 Å². The number of hydrogen-bond acceptors (Lipinski definition) is 4. The molecule has 0 unspecified atom stereocenters. The summed E-state index contributed by atoms with van der Waals surface area (Å²) in [7, 11) is 0. The molecule has 0 saturated carbocycles. The quantitative estimate of drug-likeness (QED) is 0.339. The van der Waals surface area contributed by atoms with E-state index in [1.807, 2.05) is 43.0 Å². The fraction of sp³-hybridized carbons (Fsp3) is 0.500. The number of carbonyl (C=O) groups excluding carboxylic acids is 1. The molecule has 1 rings (SSSR count). The Balaban J connectivity index is 2.02. The van der Waals surface area contributed by atoms with Gasteiger partial charge in [-0.15, -0.1) is 11.8 Å². The van der Waals surface area contributed by atoms with E-state index < -0.39 is 0 Å². The lowest BCUT2D eigenvalue weighted by Crippen LogP contribution is -2.03. The number of rotatable bonds is 8. The van der Waals surface area contributed by atoms with Crippen LogP contribution in [-0.4, -0.2) is 18.3 Å². The van der Waals surface area contributed by atoms with E-state index in [-0.39, 0.29) is 5.97 Å². The first-order chi connectivity index (χ1) is 8.72. The van der Waals surface area contributed by atoms with Gasteiger partial charge in [0.15, 0.2) is 0 Å². The number of anilines is 1. The molecule has 1 aromatic carbocycles. The van der Waals surface area contributed by atoms with Crippen molar-refractivity contribution in [2.75, 3.05) is 18.1 Å². The van der Waals surface area contributed by atoms with Crippen LogP contribution in [0.4, 0.5) is 5.69 Å². The fourth-order valence-corrected chi connectivity index (χ4v) is 2.45. The van der Waals surface area contributed by atoms with Crippen LogP contribution in [0.15, 0.2) is 29.2 Å². The van der Waals surface area contributed by atoms with Crippen molar-refractivity contribution in [2.24, 2.45) is 0 Å². The molecular weight excluding hydrogens is 246 g/mol. The SMILES string of the molecule is CCOC(=O)CCCCCSc1ccc(N)cc1. The summed E-state index contributed by atoms with van der Waals surface area (Å²) in [6.07, 6.45) is 3.65. The first-order valence-corrected chi connectivity index (χ1v) is 7.35. The van der Waals surface area contributed by atoms with Crippen LogP contribution in [0.1, 0.15) is 32.6 Å². The zero-order valence-corrected chi connectivity index (χ0v) is 11.7. The number of ether oxygens (including phenoxy) is 1. The Labute approximate surface area is 113 Å². The molecule has 0 amide bonds. The van der Waals surface area contributed by atoms with Gasteiger partial charge in [-0.25, -0.2) is 0 Å². The Hall–Kier alpha value is -1.16. The lowest BCUT2D eigenvalue weighted by atomic mass is 10.2. The number of carbonyl (C=O) groups is 1. The fourth-order valence-electron chi connectivity index (χ4n) is 1.54. The minimum absolute atomic E-state index is 0.0799. The molecule has 0 saturated heterocycles. The van der Waals surface area contributed by atoms with Crippen LogP contribution >= 0.6 is 11.8 Å². The van der Waals surface area contributed by atoms with E-state index in [1.54, 1.807) is 0 Å². The number of nitrogens with two attached hydrogens (primary N) is 1. The Bertz CT molecular complexity index is 351. The van der Waals surface area contributed by atoms with Gasteiger partial charge in [-0.1, -0.05) is 6.42 Å². The molecule has 0 aliphatic rings. The molecule has 0 heterocycles. The third kappa shape index (κ3) is 6.55. The van der Waals surface area contributed by atoms with Crippen LogP contribution < -0.4 is 5.73 Å². The van der Waals surface area contributed by atoms with Crippen LogP contribution in [-0.2, 0) is 9.53 Å². The van der Waals surface area contributed by atoms with Gasteiger partial charge in [-0.3, -0.25) is 4.79 Å². The Morgan fingerprint density at radius 3 is 2.61 bits per heavy atom. The number of thioether (sulfide) groups is 1. The van der Waals surface area contributed by atoms with Crippen LogP contribution in [0, 0.1) is 0 Å². The zero-order chi connectivity index (χ0) is 13.2. The molecule has 0 fully saturated rings. The second-order valence-corrected chi connectivity index (χ2v) is 5.20. The zero-order valence-electron chi connectivity index (χ0n) is 10.9. The molecule has 3 nitrogen and oxygen atoms in total. The standard InChI is InChI=1S/C14H21NO2S/c1-2-17-14(16)6-4-3-5-11-18-13-9-7-12(15)8-10-13/h7-10H,2-6,11,15H2,1H3. The number of benzene rings is 1. The van der Waals surface area contributed by atoms with Crippen molar-refractivity contribution in [3.05, 3.63) is 24.3 Å². The summed E-state index contributed by atoms with van der Waals surface area (Å²) < 4.78 is 4.87. The highest BCUT2D eigenvalue weighted by Gasteiger charge is 2.00. The molecule has 0 radical (unpaired) electrons. The summed E-state index contributed by atoms with van der Waals surface area (Å²) >= 11 is 1.83. The minimum Gasteiger partial charge on any atom is -0.466 e. The van der Waals surface area contributed by atoms with Crippen molar-refractivity contribution >= 4 is 23.4 Å². The average molecular weight is 267 g/mol.